The van der Waals surface area contributed by atoms with Gasteiger partial charge in [0.05, 0.1) is 10.7 Å². The molecule has 2 heterocycles. The highest BCUT2D eigenvalue weighted by atomic mass is 35.5. The average molecular weight is 360 g/mol. The molecule has 0 spiro atoms. The molecule has 0 saturated heterocycles. The quantitative estimate of drug-likeness (QED) is 0.770. The number of aryl methyl sites for hydroxylation is 1. The van der Waals surface area contributed by atoms with E-state index in [0.717, 1.165) is 23.4 Å². The Hall–Kier alpha value is -2.25. The molecule has 1 aliphatic carbocycles. The Balaban J connectivity index is 1.57. The maximum Gasteiger partial charge on any atom is 0.275 e. The highest BCUT2D eigenvalue weighted by Crippen LogP contribution is 2.42. The molecule has 1 amide bonds. The van der Waals surface area contributed by atoms with Crippen molar-refractivity contribution < 1.29 is 4.79 Å². The van der Waals surface area contributed by atoms with Gasteiger partial charge in [0.15, 0.2) is 0 Å². The van der Waals surface area contributed by atoms with Crippen LogP contribution in [-0.4, -0.2) is 25.9 Å². The van der Waals surface area contributed by atoms with Gasteiger partial charge < -0.3 is 0 Å². The second-order valence-electron chi connectivity index (χ2n) is 5.69. The van der Waals surface area contributed by atoms with Crippen molar-refractivity contribution in [3.05, 3.63) is 46.1 Å². The van der Waals surface area contributed by atoms with Crippen LogP contribution in [0.5, 0.6) is 0 Å². The summed E-state index contributed by atoms with van der Waals surface area (Å²) in [6, 6.07) is 9.13. The molecule has 122 valence electrons. The van der Waals surface area contributed by atoms with Gasteiger partial charge in [-0.05, 0) is 25.0 Å². The molecular formula is C16H14ClN5OS. The van der Waals surface area contributed by atoms with Crippen LogP contribution in [0.3, 0.4) is 0 Å². The van der Waals surface area contributed by atoms with Crippen molar-refractivity contribution in [3.8, 4) is 11.3 Å². The van der Waals surface area contributed by atoms with E-state index in [4.69, 9.17) is 11.6 Å². The van der Waals surface area contributed by atoms with Crippen molar-refractivity contribution in [2.45, 2.75) is 18.8 Å². The Labute approximate surface area is 147 Å². The van der Waals surface area contributed by atoms with Gasteiger partial charge in [0.1, 0.15) is 10.7 Å². The van der Waals surface area contributed by atoms with Gasteiger partial charge in [0, 0.05) is 18.5 Å². The number of carbonyl (C=O) groups excluding carboxylic acids is 1. The van der Waals surface area contributed by atoms with E-state index in [1.54, 1.807) is 19.2 Å². The van der Waals surface area contributed by atoms with Crippen molar-refractivity contribution in [2.24, 2.45) is 7.05 Å². The molecule has 6 nitrogen and oxygen atoms in total. The Morgan fingerprint density at radius 2 is 2.12 bits per heavy atom. The number of benzene rings is 1. The van der Waals surface area contributed by atoms with Crippen LogP contribution in [0.1, 0.15) is 34.3 Å². The maximum absolute atomic E-state index is 12.5. The van der Waals surface area contributed by atoms with Crippen molar-refractivity contribution >= 4 is 34.0 Å². The van der Waals surface area contributed by atoms with Crippen molar-refractivity contribution in [2.75, 3.05) is 5.32 Å². The Morgan fingerprint density at radius 3 is 2.88 bits per heavy atom. The molecule has 1 saturated carbocycles. The highest BCUT2D eigenvalue weighted by Gasteiger charge is 2.28. The zero-order chi connectivity index (χ0) is 16.7. The maximum atomic E-state index is 12.5. The van der Waals surface area contributed by atoms with Gasteiger partial charge in [0.25, 0.3) is 5.91 Å². The van der Waals surface area contributed by atoms with E-state index in [1.165, 1.54) is 16.0 Å². The summed E-state index contributed by atoms with van der Waals surface area (Å²) in [4.78, 5) is 12.5. The van der Waals surface area contributed by atoms with Gasteiger partial charge in [0.2, 0.25) is 5.13 Å². The Bertz CT molecular complexity index is 915. The summed E-state index contributed by atoms with van der Waals surface area (Å²) >= 11 is 7.63. The van der Waals surface area contributed by atoms with Crippen LogP contribution >= 0.6 is 22.9 Å². The first kappa shape index (κ1) is 15.3. The first-order chi connectivity index (χ1) is 11.6. The molecule has 0 aliphatic heterocycles. The van der Waals surface area contributed by atoms with Crippen LogP contribution in [0, 0.1) is 0 Å². The van der Waals surface area contributed by atoms with Gasteiger partial charge >= 0.3 is 0 Å². The lowest BCUT2D eigenvalue weighted by molar-refractivity contribution is 0.101. The molecule has 1 aliphatic rings. The first-order valence-corrected chi connectivity index (χ1v) is 8.75. The SMILES string of the molecule is Cn1nc(-c2ccccc2Cl)cc1C(=O)Nc1nnc(C2CC2)s1. The molecule has 4 rings (SSSR count). The summed E-state index contributed by atoms with van der Waals surface area (Å²) in [5, 5.41) is 17.5. The first-order valence-electron chi connectivity index (χ1n) is 7.55. The Kier molecular flexibility index (Phi) is 3.82. The molecule has 0 bridgehead atoms. The van der Waals surface area contributed by atoms with Crippen LogP contribution in [0.4, 0.5) is 5.13 Å². The van der Waals surface area contributed by atoms with E-state index in [2.05, 4.69) is 20.6 Å². The minimum Gasteiger partial charge on any atom is -0.295 e. The average Bonchev–Trinajstić information content (AvgIpc) is 3.19. The summed E-state index contributed by atoms with van der Waals surface area (Å²) in [7, 11) is 1.73. The zero-order valence-electron chi connectivity index (χ0n) is 12.9. The molecule has 24 heavy (non-hydrogen) atoms. The number of hydrogen-bond donors (Lipinski definition) is 1. The number of carbonyl (C=O) groups is 1. The van der Waals surface area contributed by atoms with Crippen LogP contribution in [-0.2, 0) is 7.05 Å². The third-order valence-electron chi connectivity index (χ3n) is 3.85. The number of nitrogens with one attached hydrogen (secondary N) is 1. The van der Waals surface area contributed by atoms with Gasteiger partial charge in [-0.1, -0.05) is 41.1 Å². The number of anilines is 1. The molecule has 2 aromatic heterocycles. The predicted molar refractivity (Wildman–Crippen MR) is 93.5 cm³/mol. The van der Waals surface area contributed by atoms with Gasteiger partial charge in [-0.2, -0.15) is 5.10 Å². The van der Waals surface area contributed by atoms with Crippen LogP contribution in [0.25, 0.3) is 11.3 Å². The number of nitrogens with zero attached hydrogens (tertiary/aromatic N) is 4. The monoisotopic (exact) mass is 359 g/mol. The van der Waals surface area contributed by atoms with Crippen molar-refractivity contribution in [1.29, 1.82) is 0 Å². The van der Waals surface area contributed by atoms with Crippen LogP contribution in [0.15, 0.2) is 30.3 Å². The summed E-state index contributed by atoms with van der Waals surface area (Å²) in [5.41, 5.74) is 1.89. The molecule has 3 aromatic rings. The van der Waals surface area contributed by atoms with Crippen LogP contribution < -0.4 is 5.32 Å². The highest BCUT2D eigenvalue weighted by molar-refractivity contribution is 7.15. The van der Waals surface area contributed by atoms with E-state index >= 15 is 0 Å². The fourth-order valence-electron chi connectivity index (χ4n) is 2.42. The minimum absolute atomic E-state index is 0.262. The van der Waals surface area contributed by atoms with Crippen molar-refractivity contribution in [1.82, 2.24) is 20.0 Å². The normalized spacial score (nSPS) is 13.9. The number of hydrogen-bond acceptors (Lipinski definition) is 5. The summed E-state index contributed by atoms with van der Waals surface area (Å²) in [6.07, 6.45) is 2.32. The fraction of sp³-hybridized carbons (Fsp3) is 0.250. The van der Waals surface area contributed by atoms with E-state index in [-0.39, 0.29) is 5.91 Å². The van der Waals surface area contributed by atoms with E-state index < -0.39 is 0 Å². The number of amides is 1. The second kappa shape index (κ2) is 5.99. The lowest BCUT2D eigenvalue weighted by Crippen LogP contribution is -2.15. The third kappa shape index (κ3) is 2.92. The smallest absolute Gasteiger partial charge is 0.275 e. The molecule has 1 fully saturated rings. The van der Waals surface area contributed by atoms with Crippen molar-refractivity contribution in [3.63, 3.8) is 0 Å². The topological polar surface area (TPSA) is 72.7 Å². The number of rotatable bonds is 4. The van der Waals surface area contributed by atoms with E-state index in [1.807, 2.05) is 18.2 Å². The zero-order valence-corrected chi connectivity index (χ0v) is 14.4. The predicted octanol–water partition coefficient (Wildman–Crippen LogP) is 3.72. The molecule has 1 N–H and O–H groups in total. The summed E-state index contributed by atoms with van der Waals surface area (Å²) < 4.78 is 1.54. The lowest BCUT2D eigenvalue weighted by atomic mass is 10.1. The molecule has 0 radical (unpaired) electrons. The molecule has 0 atom stereocenters. The third-order valence-corrected chi connectivity index (χ3v) is 5.18. The number of aromatic nitrogens is 4. The molecule has 0 unspecified atom stereocenters. The molecule has 8 heteroatoms. The minimum atomic E-state index is -0.262. The summed E-state index contributed by atoms with van der Waals surface area (Å²) in [5.74, 6) is 0.262. The van der Waals surface area contributed by atoms with Gasteiger partial charge in [-0.15, -0.1) is 10.2 Å². The number of halogens is 1. The second-order valence-corrected chi connectivity index (χ2v) is 7.11. The van der Waals surface area contributed by atoms with E-state index in [0.29, 0.717) is 27.5 Å². The molecule has 1 aromatic carbocycles. The Morgan fingerprint density at radius 1 is 1.33 bits per heavy atom. The molecular weight excluding hydrogens is 346 g/mol. The van der Waals surface area contributed by atoms with E-state index in [9.17, 15) is 4.79 Å². The van der Waals surface area contributed by atoms with Crippen LogP contribution in [0.2, 0.25) is 5.02 Å². The largest absolute Gasteiger partial charge is 0.295 e. The van der Waals surface area contributed by atoms with Gasteiger partial charge in [-0.25, -0.2) is 0 Å². The van der Waals surface area contributed by atoms with Gasteiger partial charge in [-0.3, -0.25) is 14.8 Å². The fourth-order valence-corrected chi connectivity index (χ4v) is 3.56. The standard InChI is InChI=1S/C16H14ClN5OS/c1-22-13(8-12(21-22)10-4-2-3-5-11(10)17)14(23)18-16-20-19-15(24-16)9-6-7-9/h2-5,8-9H,6-7H2,1H3,(H,18,20,23). The lowest BCUT2D eigenvalue weighted by Gasteiger charge is -2.00. The summed E-state index contributed by atoms with van der Waals surface area (Å²) in [6.45, 7) is 0.